The quantitative estimate of drug-likeness (QED) is 0.763. The first kappa shape index (κ1) is 17.8. The molecule has 2 N–H and O–H groups in total. The van der Waals surface area contributed by atoms with E-state index in [4.69, 9.17) is 0 Å². The molecule has 0 saturated heterocycles. The van der Waals surface area contributed by atoms with Crippen molar-refractivity contribution in [3.05, 3.63) is 59.2 Å². The standard InChI is InChI=1S/C18H19F3N2O/c1-3-12-6-5-7-13(4-2)16(12)23-17(24)22-15-10-8-14(9-11-15)18(19,20)21/h5-11H,3-4H2,1-2H3,(H2,22,23,24). The van der Waals surface area contributed by atoms with Crippen LogP contribution >= 0.6 is 0 Å². The van der Waals surface area contributed by atoms with Crippen LogP contribution in [0.15, 0.2) is 42.5 Å². The zero-order chi connectivity index (χ0) is 17.7. The fourth-order valence-corrected chi connectivity index (χ4v) is 2.42. The van der Waals surface area contributed by atoms with Crippen LogP contribution in [-0.2, 0) is 19.0 Å². The van der Waals surface area contributed by atoms with Crippen LogP contribution in [0.4, 0.5) is 29.3 Å². The largest absolute Gasteiger partial charge is 0.416 e. The monoisotopic (exact) mass is 336 g/mol. The number of anilines is 2. The van der Waals surface area contributed by atoms with Crippen molar-refractivity contribution in [1.29, 1.82) is 0 Å². The zero-order valence-electron chi connectivity index (χ0n) is 13.5. The van der Waals surface area contributed by atoms with Crippen LogP contribution in [0.25, 0.3) is 0 Å². The third kappa shape index (κ3) is 4.28. The van der Waals surface area contributed by atoms with E-state index in [9.17, 15) is 18.0 Å². The summed E-state index contributed by atoms with van der Waals surface area (Å²) in [5.74, 6) is 0. The predicted molar refractivity (Wildman–Crippen MR) is 89.3 cm³/mol. The van der Waals surface area contributed by atoms with Gasteiger partial charge in [0.25, 0.3) is 0 Å². The summed E-state index contributed by atoms with van der Waals surface area (Å²) < 4.78 is 37.6. The minimum atomic E-state index is -4.39. The Morgan fingerprint density at radius 2 is 1.46 bits per heavy atom. The van der Waals surface area contributed by atoms with E-state index >= 15 is 0 Å². The lowest BCUT2D eigenvalue weighted by Crippen LogP contribution is -2.21. The van der Waals surface area contributed by atoms with E-state index in [1.807, 2.05) is 32.0 Å². The van der Waals surface area contributed by atoms with Gasteiger partial charge in [0.15, 0.2) is 0 Å². The average molecular weight is 336 g/mol. The number of carbonyl (C=O) groups is 1. The van der Waals surface area contributed by atoms with E-state index in [-0.39, 0.29) is 0 Å². The molecule has 2 rings (SSSR count). The van der Waals surface area contributed by atoms with Gasteiger partial charge in [0.1, 0.15) is 0 Å². The third-order valence-electron chi connectivity index (χ3n) is 3.71. The highest BCUT2D eigenvalue weighted by Crippen LogP contribution is 2.30. The molecule has 0 aliphatic rings. The number of hydrogen-bond acceptors (Lipinski definition) is 1. The Labute approximate surface area is 138 Å². The first-order valence-electron chi connectivity index (χ1n) is 7.71. The number of nitrogens with one attached hydrogen (secondary N) is 2. The topological polar surface area (TPSA) is 41.1 Å². The lowest BCUT2D eigenvalue weighted by Gasteiger charge is -2.15. The molecule has 6 heteroatoms. The molecule has 0 bridgehead atoms. The summed E-state index contributed by atoms with van der Waals surface area (Å²) in [6, 6.07) is 9.67. The second-order valence-electron chi connectivity index (χ2n) is 5.31. The normalized spacial score (nSPS) is 11.2. The summed E-state index contributed by atoms with van der Waals surface area (Å²) >= 11 is 0. The van der Waals surface area contributed by atoms with Crippen molar-refractivity contribution in [3.8, 4) is 0 Å². The number of carbonyl (C=O) groups excluding carboxylic acids is 1. The Balaban J connectivity index is 2.12. The highest BCUT2D eigenvalue weighted by Gasteiger charge is 2.29. The number of hydrogen-bond donors (Lipinski definition) is 2. The van der Waals surface area contributed by atoms with Gasteiger partial charge in [0.05, 0.1) is 5.56 Å². The van der Waals surface area contributed by atoms with Crippen LogP contribution in [-0.4, -0.2) is 6.03 Å². The van der Waals surface area contributed by atoms with Crippen molar-refractivity contribution < 1.29 is 18.0 Å². The molecule has 0 aromatic heterocycles. The van der Waals surface area contributed by atoms with E-state index in [2.05, 4.69) is 10.6 Å². The third-order valence-corrected chi connectivity index (χ3v) is 3.71. The second kappa shape index (κ2) is 7.38. The molecule has 128 valence electrons. The van der Waals surface area contributed by atoms with Gasteiger partial charge in [0.2, 0.25) is 0 Å². The van der Waals surface area contributed by atoms with E-state index < -0.39 is 17.8 Å². The molecule has 2 aromatic carbocycles. The Morgan fingerprint density at radius 1 is 0.917 bits per heavy atom. The molecule has 0 radical (unpaired) electrons. The number of alkyl halides is 3. The maximum Gasteiger partial charge on any atom is 0.416 e. The number of benzene rings is 2. The molecule has 0 aliphatic heterocycles. The Bertz CT molecular complexity index is 687. The highest BCUT2D eigenvalue weighted by atomic mass is 19.4. The summed E-state index contributed by atoms with van der Waals surface area (Å²) in [5, 5.41) is 5.36. The van der Waals surface area contributed by atoms with E-state index in [1.165, 1.54) is 12.1 Å². The fourth-order valence-electron chi connectivity index (χ4n) is 2.42. The van der Waals surface area contributed by atoms with Gasteiger partial charge in [-0.3, -0.25) is 0 Å². The molecule has 0 atom stereocenters. The van der Waals surface area contributed by atoms with Crippen LogP contribution in [0, 0.1) is 0 Å². The maximum atomic E-state index is 12.5. The number of para-hydroxylation sites is 1. The number of halogens is 3. The first-order chi connectivity index (χ1) is 11.3. The van der Waals surface area contributed by atoms with Crippen LogP contribution in [0.5, 0.6) is 0 Å². The van der Waals surface area contributed by atoms with Gasteiger partial charge in [0, 0.05) is 11.4 Å². The van der Waals surface area contributed by atoms with Gasteiger partial charge in [-0.05, 0) is 48.2 Å². The molecule has 2 aromatic rings. The van der Waals surface area contributed by atoms with Gasteiger partial charge in [-0.15, -0.1) is 0 Å². The van der Waals surface area contributed by atoms with Gasteiger partial charge in [-0.25, -0.2) is 4.79 Å². The van der Waals surface area contributed by atoms with Crippen LogP contribution < -0.4 is 10.6 Å². The summed E-state index contributed by atoms with van der Waals surface area (Å²) in [5.41, 5.74) is 2.33. The van der Waals surface area contributed by atoms with Crippen molar-refractivity contribution in [2.75, 3.05) is 10.6 Å². The Morgan fingerprint density at radius 3 is 1.92 bits per heavy atom. The van der Waals surface area contributed by atoms with Gasteiger partial charge in [-0.1, -0.05) is 32.0 Å². The summed E-state index contributed by atoms with van der Waals surface area (Å²) in [6.07, 6.45) is -2.86. The van der Waals surface area contributed by atoms with Gasteiger partial charge < -0.3 is 10.6 Å². The molecule has 0 heterocycles. The molecule has 0 spiro atoms. The van der Waals surface area contributed by atoms with Crippen molar-refractivity contribution >= 4 is 17.4 Å². The maximum absolute atomic E-state index is 12.5. The first-order valence-corrected chi connectivity index (χ1v) is 7.71. The molecule has 24 heavy (non-hydrogen) atoms. The number of aryl methyl sites for hydroxylation is 2. The van der Waals surface area contributed by atoms with Crippen LogP contribution in [0.1, 0.15) is 30.5 Å². The lowest BCUT2D eigenvalue weighted by molar-refractivity contribution is -0.137. The van der Waals surface area contributed by atoms with E-state index in [0.29, 0.717) is 5.69 Å². The highest BCUT2D eigenvalue weighted by molar-refractivity contribution is 6.00. The smallest absolute Gasteiger partial charge is 0.308 e. The molecule has 0 fully saturated rings. The molecule has 0 saturated carbocycles. The number of rotatable bonds is 4. The Hall–Kier alpha value is -2.50. The van der Waals surface area contributed by atoms with Crippen LogP contribution in [0.3, 0.4) is 0 Å². The van der Waals surface area contributed by atoms with E-state index in [1.54, 1.807) is 0 Å². The average Bonchev–Trinajstić information content (AvgIpc) is 2.54. The molecular weight excluding hydrogens is 317 g/mol. The van der Waals surface area contributed by atoms with Crippen molar-refractivity contribution in [1.82, 2.24) is 0 Å². The van der Waals surface area contributed by atoms with Crippen molar-refractivity contribution in [2.45, 2.75) is 32.9 Å². The summed E-state index contributed by atoms with van der Waals surface area (Å²) in [7, 11) is 0. The van der Waals surface area contributed by atoms with Gasteiger partial charge >= 0.3 is 12.2 Å². The minimum absolute atomic E-state index is 0.299. The van der Waals surface area contributed by atoms with Gasteiger partial charge in [-0.2, -0.15) is 13.2 Å². The SMILES string of the molecule is CCc1cccc(CC)c1NC(=O)Nc1ccc(C(F)(F)F)cc1. The summed E-state index contributed by atoms with van der Waals surface area (Å²) in [6.45, 7) is 3.99. The minimum Gasteiger partial charge on any atom is -0.308 e. The molecule has 2 amide bonds. The number of urea groups is 1. The molecule has 0 aliphatic carbocycles. The Kier molecular flexibility index (Phi) is 5.49. The fraction of sp³-hybridized carbons (Fsp3) is 0.278. The van der Waals surface area contributed by atoms with Crippen molar-refractivity contribution in [2.24, 2.45) is 0 Å². The van der Waals surface area contributed by atoms with Crippen molar-refractivity contribution in [3.63, 3.8) is 0 Å². The predicted octanol–water partition coefficient (Wildman–Crippen LogP) is 5.47. The molecule has 0 unspecified atom stereocenters. The molecule has 3 nitrogen and oxygen atoms in total. The molecular formula is C18H19F3N2O. The zero-order valence-corrected chi connectivity index (χ0v) is 13.5. The second-order valence-corrected chi connectivity index (χ2v) is 5.31. The summed E-state index contributed by atoms with van der Waals surface area (Å²) in [4.78, 5) is 12.2. The van der Waals surface area contributed by atoms with Crippen LogP contribution in [0.2, 0.25) is 0 Å². The number of amides is 2. The lowest BCUT2D eigenvalue weighted by atomic mass is 10.0. The van der Waals surface area contributed by atoms with E-state index in [0.717, 1.165) is 41.8 Å².